The van der Waals surface area contributed by atoms with Crippen molar-refractivity contribution in [3.05, 3.63) is 0 Å². The van der Waals surface area contributed by atoms with E-state index >= 15 is 0 Å². The summed E-state index contributed by atoms with van der Waals surface area (Å²) in [6.45, 7) is 2.01. The van der Waals surface area contributed by atoms with E-state index in [1.807, 2.05) is 6.92 Å². The molecule has 2 heteroatoms. The van der Waals surface area contributed by atoms with Crippen LogP contribution < -0.4 is 5.73 Å². The van der Waals surface area contributed by atoms with Crippen molar-refractivity contribution in [2.45, 2.75) is 25.5 Å². The predicted octanol–water partition coefficient (Wildman–Crippen LogP) is -0.286. The Labute approximate surface area is 43.3 Å². The normalized spacial score (nSPS) is 51.0. The zero-order valence-corrected chi connectivity index (χ0v) is 4.46. The third-order valence-electron chi connectivity index (χ3n) is 1.67. The van der Waals surface area contributed by atoms with Gasteiger partial charge in [-0.25, -0.2) is 0 Å². The molecule has 1 aliphatic rings. The van der Waals surface area contributed by atoms with E-state index in [0.29, 0.717) is 5.92 Å². The Bertz CT molecular complexity index is 66.5. The molecule has 0 amide bonds. The van der Waals surface area contributed by atoms with Crippen LogP contribution in [0.25, 0.3) is 0 Å². The summed E-state index contributed by atoms with van der Waals surface area (Å²) >= 11 is 0. The van der Waals surface area contributed by atoms with Crippen molar-refractivity contribution in [1.29, 1.82) is 0 Å². The van der Waals surface area contributed by atoms with Crippen LogP contribution in [0.4, 0.5) is 0 Å². The zero-order chi connectivity index (χ0) is 5.44. The highest BCUT2D eigenvalue weighted by Crippen LogP contribution is 2.24. The number of aliphatic hydroxyl groups excluding tert-OH is 1. The Morgan fingerprint density at radius 3 is 2.29 bits per heavy atom. The molecule has 1 rings (SSSR count). The fourth-order valence-corrected chi connectivity index (χ4v) is 0.934. The molecule has 1 aliphatic carbocycles. The monoisotopic (exact) mass is 101 g/mol. The third-order valence-corrected chi connectivity index (χ3v) is 1.67. The van der Waals surface area contributed by atoms with Crippen LogP contribution in [-0.2, 0) is 0 Å². The van der Waals surface area contributed by atoms with Crippen molar-refractivity contribution >= 4 is 0 Å². The summed E-state index contributed by atoms with van der Waals surface area (Å²) in [6, 6.07) is 0.0648. The van der Waals surface area contributed by atoms with Gasteiger partial charge < -0.3 is 10.8 Å². The summed E-state index contributed by atoms with van der Waals surface area (Å²) in [5.74, 6) is 0.440. The van der Waals surface area contributed by atoms with Crippen molar-refractivity contribution in [2.24, 2.45) is 11.7 Å². The SMILES string of the molecule is CC1CC(N)C1O. The fourth-order valence-electron chi connectivity index (χ4n) is 0.934. The number of rotatable bonds is 0. The Morgan fingerprint density at radius 1 is 1.71 bits per heavy atom. The first kappa shape index (κ1) is 5.06. The van der Waals surface area contributed by atoms with Crippen LogP contribution in [0.3, 0.4) is 0 Å². The Hall–Kier alpha value is -0.0800. The first-order chi connectivity index (χ1) is 3.22. The summed E-state index contributed by atoms with van der Waals surface area (Å²) in [7, 11) is 0. The third kappa shape index (κ3) is 0.640. The van der Waals surface area contributed by atoms with Gasteiger partial charge in [-0.05, 0) is 12.3 Å². The van der Waals surface area contributed by atoms with Crippen LogP contribution in [0.15, 0.2) is 0 Å². The van der Waals surface area contributed by atoms with E-state index < -0.39 is 0 Å². The van der Waals surface area contributed by atoms with Crippen LogP contribution in [0.1, 0.15) is 13.3 Å². The maximum atomic E-state index is 8.86. The second kappa shape index (κ2) is 1.46. The lowest BCUT2D eigenvalue weighted by Gasteiger charge is -2.36. The van der Waals surface area contributed by atoms with E-state index in [1.54, 1.807) is 0 Å². The van der Waals surface area contributed by atoms with Crippen molar-refractivity contribution in [3.63, 3.8) is 0 Å². The molecule has 2 nitrogen and oxygen atoms in total. The standard InChI is InChI=1S/C5H11NO/c1-3-2-4(6)5(3)7/h3-5,7H,2,6H2,1H3. The molecule has 3 N–H and O–H groups in total. The van der Waals surface area contributed by atoms with Crippen molar-refractivity contribution in [3.8, 4) is 0 Å². The van der Waals surface area contributed by atoms with Crippen LogP contribution in [0.2, 0.25) is 0 Å². The van der Waals surface area contributed by atoms with Gasteiger partial charge in [0.2, 0.25) is 0 Å². The Kier molecular flexibility index (Phi) is 1.05. The van der Waals surface area contributed by atoms with Crippen molar-refractivity contribution < 1.29 is 5.11 Å². The molecule has 3 atom stereocenters. The topological polar surface area (TPSA) is 46.2 Å². The molecule has 0 saturated heterocycles. The highest BCUT2D eigenvalue weighted by atomic mass is 16.3. The van der Waals surface area contributed by atoms with Crippen LogP contribution in [-0.4, -0.2) is 17.3 Å². The first-order valence-electron chi connectivity index (χ1n) is 2.65. The Balaban J connectivity index is 2.29. The van der Waals surface area contributed by atoms with Gasteiger partial charge in [-0.1, -0.05) is 6.92 Å². The molecule has 0 aromatic carbocycles. The average Bonchev–Trinajstić information content (AvgIpc) is 1.68. The molecule has 1 fully saturated rings. The Morgan fingerprint density at radius 2 is 2.29 bits per heavy atom. The van der Waals surface area contributed by atoms with Gasteiger partial charge >= 0.3 is 0 Å². The lowest BCUT2D eigenvalue weighted by molar-refractivity contribution is 0.0108. The van der Waals surface area contributed by atoms with Gasteiger partial charge in [0.05, 0.1) is 6.10 Å². The number of aliphatic hydroxyl groups is 1. The van der Waals surface area contributed by atoms with E-state index in [9.17, 15) is 0 Å². The lowest BCUT2D eigenvalue weighted by Crippen LogP contribution is -2.50. The number of nitrogens with two attached hydrogens (primary N) is 1. The molecule has 3 unspecified atom stereocenters. The van der Waals surface area contributed by atoms with E-state index in [0.717, 1.165) is 6.42 Å². The predicted molar refractivity (Wildman–Crippen MR) is 27.8 cm³/mol. The molecule has 0 aromatic heterocycles. The lowest BCUT2D eigenvalue weighted by atomic mass is 9.79. The average molecular weight is 101 g/mol. The molecule has 0 heterocycles. The zero-order valence-electron chi connectivity index (χ0n) is 4.46. The molecule has 0 spiro atoms. The molecule has 0 aromatic rings. The fraction of sp³-hybridized carbons (Fsp3) is 1.00. The van der Waals surface area contributed by atoms with Gasteiger partial charge in [0, 0.05) is 6.04 Å². The van der Waals surface area contributed by atoms with E-state index in [2.05, 4.69) is 0 Å². The molecule has 42 valence electrons. The van der Waals surface area contributed by atoms with Crippen molar-refractivity contribution in [1.82, 2.24) is 0 Å². The largest absolute Gasteiger partial charge is 0.391 e. The second-order valence-corrected chi connectivity index (χ2v) is 2.37. The summed E-state index contributed by atoms with van der Waals surface area (Å²) < 4.78 is 0. The molecular formula is C5H11NO. The minimum atomic E-state index is -0.222. The quantitative estimate of drug-likeness (QED) is 0.440. The van der Waals surface area contributed by atoms with Gasteiger partial charge in [-0.15, -0.1) is 0 Å². The summed E-state index contributed by atoms with van der Waals surface area (Å²) in [6.07, 6.45) is 0.765. The van der Waals surface area contributed by atoms with Crippen molar-refractivity contribution in [2.75, 3.05) is 0 Å². The molecule has 1 saturated carbocycles. The maximum absolute atomic E-state index is 8.86. The van der Waals surface area contributed by atoms with Crippen LogP contribution in [0.5, 0.6) is 0 Å². The summed E-state index contributed by atoms with van der Waals surface area (Å²) in [5.41, 5.74) is 5.36. The van der Waals surface area contributed by atoms with Crippen LogP contribution in [0, 0.1) is 5.92 Å². The molecule has 0 aliphatic heterocycles. The van der Waals surface area contributed by atoms with E-state index in [-0.39, 0.29) is 12.1 Å². The minimum Gasteiger partial charge on any atom is -0.391 e. The first-order valence-corrected chi connectivity index (χ1v) is 2.65. The van der Waals surface area contributed by atoms with Gasteiger partial charge in [-0.2, -0.15) is 0 Å². The summed E-state index contributed by atoms with van der Waals surface area (Å²) in [5, 5.41) is 8.86. The molecule has 0 radical (unpaired) electrons. The van der Waals surface area contributed by atoms with Gasteiger partial charge in [-0.3, -0.25) is 0 Å². The molecular weight excluding hydrogens is 90.1 g/mol. The maximum Gasteiger partial charge on any atom is 0.0717 e. The number of hydrogen-bond donors (Lipinski definition) is 2. The van der Waals surface area contributed by atoms with Gasteiger partial charge in [0.25, 0.3) is 0 Å². The van der Waals surface area contributed by atoms with Gasteiger partial charge in [0.1, 0.15) is 0 Å². The van der Waals surface area contributed by atoms with E-state index in [4.69, 9.17) is 10.8 Å². The second-order valence-electron chi connectivity index (χ2n) is 2.37. The molecule has 0 bridgehead atoms. The number of hydrogen-bond acceptors (Lipinski definition) is 2. The van der Waals surface area contributed by atoms with Gasteiger partial charge in [0.15, 0.2) is 0 Å². The molecule has 7 heavy (non-hydrogen) atoms. The highest BCUT2D eigenvalue weighted by molar-refractivity contribution is 4.88. The summed E-state index contributed by atoms with van der Waals surface area (Å²) in [4.78, 5) is 0. The van der Waals surface area contributed by atoms with E-state index in [1.165, 1.54) is 0 Å². The van der Waals surface area contributed by atoms with Crippen LogP contribution >= 0.6 is 0 Å². The highest BCUT2D eigenvalue weighted by Gasteiger charge is 2.32. The smallest absolute Gasteiger partial charge is 0.0717 e. The minimum absolute atomic E-state index is 0.0648.